The molecule has 0 aliphatic carbocycles. The van der Waals surface area contributed by atoms with Crippen molar-refractivity contribution in [1.82, 2.24) is 0 Å². The molecule has 0 saturated heterocycles. The van der Waals surface area contributed by atoms with Crippen LogP contribution in [0.2, 0.25) is 0 Å². The van der Waals surface area contributed by atoms with Crippen molar-refractivity contribution in [3.05, 3.63) is 89.2 Å². The highest BCUT2D eigenvalue weighted by Crippen LogP contribution is 2.29. The molecular weight excluding hydrogens is 377 g/mol. The van der Waals surface area contributed by atoms with Crippen LogP contribution in [0.25, 0.3) is 0 Å². The van der Waals surface area contributed by atoms with Gasteiger partial charge >= 0.3 is 0 Å². The third-order valence-electron chi connectivity index (χ3n) is 4.49. The van der Waals surface area contributed by atoms with E-state index in [0.717, 1.165) is 11.1 Å². The van der Waals surface area contributed by atoms with Gasteiger partial charge in [-0.25, -0.2) is 12.8 Å². The number of benzene rings is 3. The first-order valence-electron chi connectivity index (χ1n) is 8.80. The van der Waals surface area contributed by atoms with Crippen molar-refractivity contribution in [3.63, 3.8) is 0 Å². The summed E-state index contributed by atoms with van der Waals surface area (Å²) >= 11 is 0. The van der Waals surface area contributed by atoms with Gasteiger partial charge in [-0.2, -0.15) is 0 Å². The first kappa shape index (κ1) is 19.9. The second-order valence-corrected chi connectivity index (χ2v) is 8.44. The van der Waals surface area contributed by atoms with E-state index in [4.69, 9.17) is 4.74 Å². The van der Waals surface area contributed by atoms with Gasteiger partial charge in [0.1, 0.15) is 11.6 Å². The van der Waals surface area contributed by atoms with E-state index in [1.165, 1.54) is 22.5 Å². The van der Waals surface area contributed by atoms with Crippen LogP contribution in [-0.2, 0) is 16.6 Å². The van der Waals surface area contributed by atoms with Gasteiger partial charge in [0.25, 0.3) is 10.0 Å². The van der Waals surface area contributed by atoms with Crippen molar-refractivity contribution in [2.45, 2.75) is 25.3 Å². The predicted octanol–water partition coefficient (Wildman–Crippen LogP) is 4.85. The molecule has 0 saturated carbocycles. The molecule has 0 bridgehead atoms. The van der Waals surface area contributed by atoms with Gasteiger partial charge in [0.05, 0.1) is 24.2 Å². The van der Waals surface area contributed by atoms with Crippen LogP contribution in [0.4, 0.5) is 10.1 Å². The van der Waals surface area contributed by atoms with Gasteiger partial charge in [-0.3, -0.25) is 4.31 Å². The number of aryl methyl sites for hydroxylation is 2. The number of sulfonamides is 1. The minimum atomic E-state index is -3.91. The summed E-state index contributed by atoms with van der Waals surface area (Å²) in [6.45, 7) is 3.66. The van der Waals surface area contributed by atoms with Crippen LogP contribution in [0.5, 0.6) is 5.75 Å². The molecule has 0 fully saturated rings. The maximum atomic E-state index is 13.5. The fourth-order valence-corrected chi connectivity index (χ4v) is 4.65. The van der Waals surface area contributed by atoms with Crippen LogP contribution in [0.15, 0.2) is 71.6 Å². The summed E-state index contributed by atoms with van der Waals surface area (Å²) in [6, 6.07) is 18.2. The molecular formula is C22H22FNO3S. The number of methoxy groups -OCH3 is 1. The maximum Gasteiger partial charge on any atom is 0.264 e. The monoisotopic (exact) mass is 399 g/mol. The van der Waals surface area contributed by atoms with E-state index >= 15 is 0 Å². The molecule has 0 aliphatic heterocycles. The lowest BCUT2D eigenvalue weighted by Crippen LogP contribution is -2.31. The molecule has 0 amide bonds. The van der Waals surface area contributed by atoms with Crippen molar-refractivity contribution in [2.75, 3.05) is 11.4 Å². The average molecular weight is 399 g/mol. The topological polar surface area (TPSA) is 46.6 Å². The summed E-state index contributed by atoms with van der Waals surface area (Å²) in [5.41, 5.74) is 2.71. The van der Waals surface area contributed by atoms with Gasteiger partial charge in [0.15, 0.2) is 0 Å². The second-order valence-electron chi connectivity index (χ2n) is 6.61. The summed E-state index contributed by atoms with van der Waals surface area (Å²) < 4.78 is 47.1. The SMILES string of the molecule is COc1cccc(CN(c2ccc(C)cc2)S(=O)(=O)c2ccc(F)cc2C)c1. The number of hydrogen-bond acceptors (Lipinski definition) is 3. The largest absolute Gasteiger partial charge is 0.497 e. The summed E-state index contributed by atoms with van der Waals surface area (Å²) in [4.78, 5) is 0.0809. The molecule has 3 aromatic rings. The standard InChI is InChI=1S/C22H22FNO3S/c1-16-7-10-20(11-8-16)24(15-18-5-4-6-21(14-18)27-3)28(25,26)22-12-9-19(23)13-17(22)2/h4-14H,15H2,1-3H3. The highest BCUT2D eigenvalue weighted by Gasteiger charge is 2.27. The molecule has 0 N–H and O–H groups in total. The lowest BCUT2D eigenvalue weighted by Gasteiger charge is -2.26. The van der Waals surface area contributed by atoms with Crippen molar-refractivity contribution in [1.29, 1.82) is 0 Å². The first-order valence-corrected chi connectivity index (χ1v) is 10.2. The van der Waals surface area contributed by atoms with Crippen molar-refractivity contribution in [3.8, 4) is 5.75 Å². The van der Waals surface area contributed by atoms with E-state index < -0.39 is 15.8 Å². The number of halogens is 1. The molecule has 3 rings (SSSR count). The van der Waals surface area contributed by atoms with E-state index in [0.29, 0.717) is 17.0 Å². The Bertz CT molecular complexity index is 1080. The number of rotatable bonds is 6. The maximum absolute atomic E-state index is 13.5. The molecule has 0 heterocycles. The Morgan fingerprint density at radius 2 is 1.68 bits per heavy atom. The third-order valence-corrected chi connectivity index (χ3v) is 6.42. The summed E-state index contributed by atoms with van der Waals surface area (Å²) in [5, 5.41) is 0. The van der Waals surface area contributed by atoms with E-state index in [2.05, 4.69) is 0 Å². The Morgan fingerprint density at radius 1 is 0.964 bits per heavy atom. The molecule has 0 aliphatic rings. The van der Waals surface area contributed by atoms with Gasteiger partial charge in [0.2, 0.25) is 0 Å². The smallest absolute Gasteiger partial charge is 0.264 e. The molecule has 4 nitrogen and oxygen atoms in total. The van der Waals surface area contributed by atoms with Gasteiger partial charge < -0.3 is 4.74 Å². The van der Waals surface area contributed by atoms with Gasteiger partial charge in [-0.05, 0) is 67.4 Å². The average Bonchev–Trinajstić information content (AvgIpc) is 2.66. The van der Waals surface area contributed by atoms with Crippen LogP contribution in [0, 0.1) is 19.7 Å². The Balaban J connectivity index is 2.10. The van der Waals surface area contributed by atoms with Gasteiger partial charge in [-0.15, -0.1) is 0 Å². The fraction of sp³-hybridized carbons (Fsp3) is 0.182. The van der Waals surface area contributed by atoms with Crippen LogP contribution >= 0.6 is 0 Å². The van der Waals surface area contributed by atoms with Crippen LogP contribution < -0.4 is 9.04 Å². The number of nitrogens with zero attached hydrogens (tertiary/aromatic N) is 1. The van der Waals surface area contributed by atoms with E-state index in [9.17, 15) is 12.8 Å². The Labute approximate surface area is 165 Å². The van der Waals surface area contributed by atoms with Crippen LogP contribution in [0.3, 0.4) is 0 Å². The Morgan fingerprint density at radius 3 is 2.32 bits per heavy atom. The number of hydrogen-bond donors (Lipinski definition) is 0. The highest BCUT2D eigenvalue weighted by atomic mass is 32.2. The zero-order valence-corrected chi connectivity index (χ0v) is 16.8. The normalized spacial score (nSPS) is 11.3. The molecule has 0 radical (unpaired) electrons. The second kappa shape index (κ2) is 8.02. The fourth-order valence-electron chi connectivity index (χ4n) is 2.98. The Kier molecular flexibility index (Phi) is 5.70. The van der Waals surface area contributed by atoms with Crippen molar-refractivity contribution < 1.29 is 17.5 Å². The summed E-state index contributed by atoms with van der Waals surface area (Å²) in [7, 11) is -2.34. The van der Waals surface area contributed by atoms with Crippen molar-refractivity contribution >= 4 is 15.7 Å². The molecule has 146 valence electrons. The minimum absolute atomic E-state index is 0.0809. The highest BCUT2D eigenvalue weighted by molar-refractivity contribution is 7.92. The number of ether oxygens (including phenoxy) is 1. The quantitative estimate of drug-likeness (QED) is 0.595. The lowest BCUT2D eigenvalue weighted by molar-refractivity contribution is 0.414. The zero-order chi connectivity index (χ0) is 20.3. The van der Waals surface area contributed by atoms with Crippen molar-refractivity contribution in [2.24, 2.45) is 0 Å². The Hall–Kier alpha value is -2.86. The van der Waals surface area contributed by atoms with Gasteiger partial charge in [-0.1, -0.05) is 29.8 Å². The predicted molar refractivity (Wildman–Crippen MR) is 109 cm³/mol. The summed E-state index contributed by atoms with van der Waals surface area (Å²) in [6.07, 6.45) is 0. The molecule has 6 heteroatoms. The first-order chi connectivity index (χ1) is 13.3. The molecule has 0 atom stereocenters. The van der Waals surface area contributed by atoms with Crippen LogP contribution in [-0.4, -0.2) is 15.5 Å². The molecule has 0 unspecified atom stereocenters. The minimum Gasteiger partial charge on any atom is -0.497 e. The van der Waals surface area contributed by atoms with E-state index in [1.54, 1.807) is 38.3 Å². The molecule has 28 heavy (non-hydrogen) atoms. The van der Waals surface area contributed by atoms with Crippen LogP contribution in [0.1, 0.15) is 16.7 Å². The summed E-state index contributed by atoms with van der Waals surface area (Å²) in [5.74, 6) is 0.183. The lowest BCUT2D eigenvalue weighted by atomic mass is 10.2. The number of anilines is 1. The third kappa shape index (κ3) is 4.17. The molecule has 0 aromatic heterocycles. The van der Waals surface area contributed by atoms with Gasteiger partial charge in [0, 0.05) is 0 Å². The van der Waals surface area contributed by atoms with E-state index in [1.807, 2.05) is 31.2 Å². The molecule has 3 aromatic carbocycles. The zero-order valence-electron chi connectivity index (χ0n) is 16.0. The van der Waals surface area contributed by atoms with E-state index in [-0.39, 0.29) is 11.4 Å². The molecule has 0 spiro atoms.